The Hall–Kier alpha value is -4.08. The molecule has 1 aliphatic carbocycles. The summed E-state index contributed by atoms with van der Waals surface area (Å²) in [4.78, 5) is 0. The van der Waals surface area contributed by atoms with E-state index in [2.05, 4.69) is 76.2 Å². The summed E-state index contributed by atoms with van der Waals surface area (Å²) < 4.78 is 29.0. The molecule has 0 amide bonds. The number of hydrogen-bond donors (Lipinski definition) is 4. The van der Waals surface area contributed by atoms with Gasteiger partial charge in [0.05, 0.1) is 52.9 Å². The fourth-order valence-electron chi connectivity index (χ4n) is 17.6. The number of benzene rings is 4. The average Bonchev–Trinajstić information content (AvgIpc) is 0.775. The zero-order valence-corrected chi connectivity index (χ0v) is 73.8. The second-order valence-electron chi connectivity index (χ2n) is 34.9. The van der Waals surface area contributed by atoms with Crippen LogP contribution in [0.1, 0.15) is 505 Å². The van der Waals surface area contributed by atoms with Gasteiger partial charge in [0.2, 0.25) is 0 Å². The normalized spacial score (nSPS) is 12.2. The summed E-state index contributed by atoms with van der Waals surface area (Å²) in [5, 5.41) is 45.2. The standard InChI is InChI=1S/C104H176O8/c1-5-9-13-17-21-25-29-33-37-41-45-49-53-57-61-65-69-109-101-93-73-89(85-105)74-94(101)82-96-76-91(87-107)78-98(103(96)111-71-67-63-59-55-51-47-43-39-35-31-27-23-19-15-11-7-3)84-100-80-92(88-108)79-99(104(100)112-72-68-64-60-56-52-48-44-40-36-32-28-24-20-16-12-8-4)83-97-77-90(86-106)75-95(81-93)102(97)110-70-66-62-58-54-50-46-42-38-34-30-26-22-18-14-10-6-2/h73-80,105-108H,5-72,81-88H2,1-4H3. The van der Waals surface area contributed by atoms with Crippen LogP contribution in [0.15, 0.2) is 48.5 Å². The molecule has 0 spiro atoms. The predicted molar refractivity (Wildman–Crippen MR) is 481 cm³/mol. The van der Waals surface area contributed by atoms with E-state index in [1.807, 2.05) is 0 Å². The van der Waals surface area contributed by atoms with Gasteiger partial charge in [0.25, 0.3) is 0 Å². The van der Waals surface area contributed by atoms with Gasteiger partial charge >= 0.3 is 0 Å². The maximum Gasteiger partial charge on any atom is 0.126 e. The molecular weight excluding hydrogens is 1380 g/mol. The van der Waals surface area contributed by atoms with Crippen molar-refractivity contribution in [2.45, 2.75) is 491 Å². The van der Waals surface area contributed by atoms with Crippen molar-refractivity contribution in [1.82, 2.24) is 0 Å². The van der Waals surface area contributed by atoms with Crippen LogP contribution in [-0.2, 0) is 52.1 Å². The molecule has 0 heterocycles. The minimum absolute atomic E-state index is 0.126. The molecule has 0 saturated heterocycles. The Bertz CT molecular complexity index is 2380. The summed E-state index contributed by atoms with van der Waals surface area (Å²) in [5.74, 6) is 3.36. The lowest BCUT2D eigenvalue weighted by Crippen LogP contribution is -2.12. The van der Waals surface area contributed by atoms with Crippen LogP contribution < -0.4 is 18.9 Å². The molecule has 4 aromatic carbocycles. The maximum atomic E-state index is 11.3. The molecule has 4 N–H and O–H groups in total. The number of fused-ring (bicyclic) bond motifs is 8. The van der Waals surface area contributed by atoms with Gasteiger partial charge in [-0.3, -0.25) is 0 Å². The van der Waals surface area contributed by atoms with Gasteiger partial charge in [-0.25, -0.2) is 0 Å². The van der Waals surface area contributed by atoms with Crippen molar-refractivity contribution in [1.29, 1.82) is 0 Å². The molecule has 0 unspecified atom stereocenters. The highest BCUT2D eigenvalue weighted by atomic mass is 16.5. The van der Waals surface area contributed by atoms with Crippen molar-refractivity contribution in [2.75, 3.05) is 26.4 Å². The van der Waals surface area contributed by atoms with Gasteiger partial charge in [0.1, 0.15) is 23.0 Å². The number of aliphatic hydroxyl groups excluding tert-OH is 4. The first-order valence-corrected chi connectivity index (χ1v) is 48.9. The summed E-state index contributed by atoms with van der Waals surface area (Å²) in [6, 6.07) is 17.2. The molecule has 1 aliphatic rings. The van der Waals surface area contributed by atoms with E-state index in [4.69, 9.17) is 18.9 Å². The van der Waals surface area contributed by atoms with Crippen LogP contribution in [-0.4, -0.2) is 46.9 Å². The Labute approximate surface area is 690 Å². The van der Waals surface area contributed by atoms with E-state index < -0.39 is 0 Å². The maximum absolute atomic E-state index is 11.3. The average molecular weight is 1550 g/mol. The van der Waals surface area contributed by atoms with Crippen molar-refractivity contribution in [3.8, 4) is 23.0 Å². The molecule has 4 aromatic rings. The Morgan fingerprint density at radius 3 is 0.384 bits per heavy atom. The number of hydrogen-bond acceptors (Lipinski definition) is 8. The molecule has 0 fully saturated rings. The largest absolute Gasteiger partial charge is 0.493 e. The minimum Gasteiger partial charge on any atom is -0.493 e. The van der Waals surface area contributed by atoms with Crippen LogP contribution >= 0.6 is 0 Å². The Kier molecular flexibility index (Phi) is 60.6. The molecular formula is C104H176O8. The molecule has 8 heteroatoms. The van der Waals surface area contributed by atoms with E-state index in [-0.39, 0.29) is 26.4 Å². The van der Waals surface area contributed by atoms with E-state index in [1.165, 1.54) is 360 Å². The van der Waals surface area contributed by atoms with Crippen molar-refractivity contribution in [3.63, 3.8) is 0 Å². The van der Waals surface area contributed by atoms with Gasteiger partial charge < -0.3 is 39.4 Å². The third-order valence-corrected chi connectivity index (χ3v) is 24.4. The molecule has 0 aromatic heterocycles. The van der Waals surface area contributed by atoms with Crippen molar-refractivity contribution in [3.05, 3.63) is 115 Å². The Balaban J connectivity index is 1.43. The van der Waals surface area contributed by atoms with E-state index >= 15 is 0 Å². The quantitative estimate of drug-likeness (QED) is 0.0284. The topological polar surface area (TPSA) is 118 Å². The monoisotopic (exact) mass is 1550 g/mol. The molecule has 5 rings (SSSR count). The molecule has 0 atom stereocenters. The van der Waals surface area contributed by atoms with Crippen LogP contribution in [0.3, 0.4) is 0 Å². The van der Waals surface area contributed by atoms with E-state index in [0.717, 1.165) is 141 Å². The lowest BCUT2D eigenvalue weighted by molar-refractivity contribution is 0.278. The third-order valence-electron chi connectivity index (χ3n) is 24.4. The van der Waals surface area contributed by atoms with E-state index in [0.29, 0.717) is 52.1 Å². The van der Waals surface area contributed by atoms with Gasteiger partial charge in [0, 0.05) is 25.7 Å². The minimum atomic E-state index is -0.126. The van der Waals surface area contributed by atoms with Gasteiger partial charge in [-0.15, -0.1) is 0 Å². The zero-order valence-electron chi connectivity index (χ0n) is 73.8. The summed E-state index contributed by atoms with van der Waals surface area (Å²) in [6.07, 6.45) is 85.8. The van der Waals surface area contributed by atoms with Crippen LogP contribution in [0.25, 0.3) is 0 Å². The highest BCUT2D eigenvalue weighted by Gasteiger charge is 2.25. The van der Waals surface area contributed by atoms with Gasteiger partial charge in [0.15, 0.2) is 0 Å². The lowest BCUT2D eigenvalue weighted by Gasteiger charge is -2.25. The first kappa shape index (κ1) is 98.5. The van der Waals surface area contributed by atoms with Crippen LogP contribution in [0.5, 0.6) is 23.0 Å². The fraction of sp³-hybridized carbons (Fsp3) is 0.769. The van der Waals surface area contributed by atoms with Gasteiger partial charge in [-0.2, -0.15) is 0 Å². The smallest absolute Gasteiger partial charge is 0.126 e. The second-order valence-corrected chi connectivity index (χ2v) is 34.9. The molecule has 0 saturated carbocycles. The molecule has 8 nitrogen and oxygen atoms in total. The Morgan fingerprint density at radius 2 is 0.277 bits per heavy atom. The van der Waals surface area contributed by atoms with E-state index in [1.54, 1.807) is 0 Å². The van der Waals surface area contributed by atoms with Crippen molar-refractivity contribution >= 4 is 0 Å². The fourth-order valence-corrected chi connectivity index (χ4v) is 17.6. The number of unbranched alkanes of at least 4 members (excludes halogenated alkanes) is 60. The molecule has 8 bridgehead atoms. The summed E-state index contributed by atoms with van der Waals surface area (Å²) in [5.41, 5.74) is 11.2. The van der Waals surface area contributed by atoms with Crippen LogP contribution in [0.2, 0.25) is 0 Å². The van der Waals surface area contributed by atoms with E-state index in [9.17, 15) is 20.4 Å². The third kappa shape index (κ3) is 45.6. The summed E-state index contributed by atoms with van der Waals surface area (Å²) >= 11 is 0. The van der Waals surface area contributed by atoms with Crippen molar-refractivity contribution < 1.29 is 39.4 Å². The van der Waals surface area contributed by atoms with Crippen molar-refractivity contribution in [2.24, 2.45) is 0 Å². The van der Waals surface area contributed by atoms with Gasteiger partial charge in [-0.1, -0.05) is 413 Å². The molecule has 0 aliphatic heterocycles. The first-order chi connectivity index (χ1) is 55.4. The summed E-state index contributed by atoms with van der Waals surface area (Å²) in [6.45, 7) is 11.0. The number of rotatable bonds is 76. The number of aliphatic hydroxyl groups is 4. The summed E-state index contributed by atoms with van der Waals surface area (Å²) in [7, 11) is 0. The molecule has 640 valence electrons. The highest BCUT2D eigenvalue weighted by molar-refractivity contribution is 5.58. The van der Waals surface area contributed by atoms with Crippen LogP contribution in [0.4, 0.5) is 0 Å². The van der Waals surface area contributed by atoms with Gasteiger partial charge in [-0.05, 0) is 141 Å². The SMILES string of the molecule is CCCCCCCCCCCCCCCCCCOc1c2cc(CO)cc1Cc1cc(CO)cc(c1OCCCCCCCCCCCCCCCCCC)Cc1cc(CO)cc(c1OCCCCCCCCCCCCCCCCCC)Cc1cc(CO)cc(c1OCCCCCCCCCCCCCCCCCC)C2. The lowest BCUT2D eigenvalue weighted by atomic mass is 9.88. The highest BCUT2D eigenvalue weighted by Crippen LogP contribution is 2.42. The second kappa shape index (κ2) is 68.9. The predicted octanol–water partition coefficient (Wildman–Crippen LogP) is 30.9. The van der Waals surface area contributed by atoms with Crippen LogP contribution in [0, 0.1) is 0 Å². The first-order valence-electron chi connectivity index (χ1n) is 48.9. The Morgan fingerprint density at radius 1 is 0.170 bits per heavy atom. The molecule has 112 heavy (non-hydrogen) atoms. The number of ether oxygens (including phenoxy) is 4. The molecule has 0 radical (unpaired) electrons. The zero-order chi connectivity index (χ0) is 79.5.